The van der Waals surface area contributed by atoms with Gasteiger partial charge in [-0.3, -0.25) is 4.99 Å². The van der Waals surface area contributed by atoms with Gasteiger partial charge in [-0.1, -0.05) is 0 Å². The number of rotatable bonds is 6. The summed E-state index contributed by atoms with van der Waals surface area (Å²) in [5, 5.41) is 0.970. The number of nitrogens with zero attached hydrogens (tertiary/aromatic N) is 4. The van der Waals surface area contributed by atoms with Crippen LogP contribution in [0.25, 0.3) is 22.4 Å². The van der Waals surface area contributed by atoms with E-state index in [2.05, 4.69) is 36.5 Å². The molecule has 0 amide bonds. The molecular weight excluding hydrogens is 355 g/mol. The third-order valence-electron chi connectivity index (χ3n) is 4.56. The monoisotopic (exact) mass is 374 g/mol. The molecule has 1 aromatic carbocycles. The lowest BCUT2D eigenvalue weighted by atomic mass is 10.0. The van der Waals surface area contributed by atoms with E-state index in [0.717, 1.165) is 33.6 Å². The summed E-state index contributed by atoms with van der Waals surface area (Å²) in [5.74, 6) is -0.295. The van der Waals surface area contributed by atoms with E-state index in [4.69, 9.17) is 0 Å². The number of nitrogens with one attached hydrogen (secondary N) is 2. The number of hydrogen-bond acceptors (Lipinski definition) is 4. The van der Waals surface area contributed by atoms with Crippen molar-refractivity contribution in [3.05, 3.63) is 84.0 Å². The highest BCUT2D eigenvalue weighted by Crippen LogP contribution is 2.33. The molecule has 6 nitrogen and oxygen atoms in total. The minimum atomic E-state index is -0.295. The molecule has 140 valence electrons. The number of fused-ring (bicyclic) bond motifs is 1. The van der Waals surface area contributed by atoms with E-state index in [-0.39, 0.29) is 5.82 Å². The molecule has 0 saturated carbocycles. The lowest BCUT2D eigenvalue weighted by Gasteiger charge is -2.25. The maximum absolute atomic E-state index is 13.5. The van der Waals surface area contributed by atoms with Crippen LogP contribution in [0.4, 0.5) is 4.39 Å². The van der Waals surface area contributed by atoms with Gasteiger partial charge in [0.2, 0.25) is 0 Å². The first-order chi connectivity index (χ1) is 13.7. The van der Waals surface area contributed by atoms with E-state index in [9.17, 15) is 4.39 Å². The standard InChI is InChI=1S/C21H19FN6/c1-23-19(14-3-5-15(22)6-4-14)20(28(2)12-16-11-24-13-27-16)17-7-9-25-21-18(17)8-10-26-21/h3-11,13H,1,12H2,2H3,(H,24,27)(H,25,26)/b20-19-. The molecule has 0 aliphatic rings. The predicted molar refractivity (Wildman–Crippen MR) is 109 cm³/mol. The first-order valence-electron chi connectivity index (χ1n) is 8.75. The Labute approximate surface area is 161 Å². The zero-order valence-corrected chi connectivity index (χ0v) is 15.4. The summed E-state index contributed by atoms with van der Waals surface area (Å²) in [6.45, 7) is 4.37. The fraction of sp³-hybridized carbons (Fsp3) is 0.0952. The second-order valence-corrected chi connectivity index (χ2v) is 6.39. The van der Waals surface area contributed by atoms with E-state index in [1.807, 2.05) is 25.4 Å². The van der Waals surface area contributed by atoms with Crippen molar-refractivity contribution in [2.24, 2.45) is 4.99 Å². The molecule has 0 spiro atoms. The van der Waals surface area contributed by atoms with Gasteiger partial charge in [-0.05, 0) is 43.1 Å². The second-order valence-electron chi connectivity index (χ2n) is 6.39. The average Bonchev–Trinajstić information content (AvgIpc) is 3.38. The fourth-order valence-corrected chi connectivity index (χ4v) is 3.30. The smallest absolute Gasteiger partial charge is 0.137 e. The van der Waals surface area contributed by atoms with Crippen molar-refractivity contribution in [3.8, 4) is 0 Å². The number of aromatic amines is 2. The summed E-state index contributed by atoms with van der Waals surface area (Å²) >= 11 is 0. The molecule has 4 rings (SSSR count). The lowest BCUT2D eigenvalue weighted by molar-refractivity contribution is 0.470. The van der Waals surface area contributed by atoms with Crippen LogP contribution in [0, 0.1) is 5.82 Å². The highest BCUT2D eigenvalue weighted by atomic mass is 19.1. The van der Waals surface area contributed by atoms with Gasteiger partial charge in [0.15, 0.2) is 0 Å². The van der Waals surface area contributed by atoms with Crippen molar-refractivity contribution >= 4 is 29.1 Å². The Kier molecular flexibility index (Phi) is 4.72. The summed E-state index contributed by atoms with van der Waals surface area (Å²) in [7, 11) is 1.98. The summed E-state index contributed by atoms with van der Waals surface area (Å²) in [4.78, 5) is 21.1. The number of halogens is 1. The van der Waals surface area contributed by atoms with E-state index >= 15 is 0 Å². The van der Waals surface area contributed by atoms with Crippen LogP contribution >= 0.6 is 0 Å². The Morgan fingerprint density at radius 3 is 2.71 bits per heavy atom. The Bertz CT molecular complexity index is 1130. The van der Waals surface area contributed by atoms with Crippen molar-refractivity contribution in [1.29, 1.82) is 0 Å². The van der Waals surface area contributed by atoms with Crippen LogP contribution in [0.15, 0.2) is 66.3 Å². The highest BCUT2D eigenvalue weighted by Gasteiger charge is 2.19. The summed E-state index contributed by atoms with van der Waals surface area (Å²) < 4.78 is 13.5. The zero-order valence-electron chi connectivity index (χ0n) is 15.4. The number of aromatic nitrogens is 4. The normalized spacial score (nSPS) is 12.1. The number of H-pyrrole nitrogens is 2. The van der Waals surface area contributed by atoms with Crippen LogP contribution in [0.2, 0.25) is 0 Å². The van der Waals surface area contributed by atoms with Crippen molar-refractivity contribution in [1.82, 2.24) is 24.8 Å². The van der Waals surface area contributed by atoms with E-state index in [1.165, 1.54) is 12.1 Å². The summed E-state index contributed by atoms with van der Waals surface area (Å²) in [6, 6.07) is 10.2. The molecule has 7 heteroatoms. The number of imidazole rings is 1. The maximum atomic E-state index is 13.5. The number of benzene rings is 1. The number of pyridine rings is 1. The average molecular weight is 374 g/mol. The molecule has 0 radical (unpaired) electrons. The zero-order chi connectivity index (χ0) is 19.5. The molecule has 0 aliphatic heterocycles. The molecular formula is C21H19FN6. The minimum absolute atomic E-state index is 0.295. The van der Waals surface area contributed by atoms with Crippen LogP contribution < -0.4 is 0 Å². The molecule has 0 unspecified atom stereocenters. The Hall–Kier alpha value is -3.74. The van der Waals surface area contributed by atoms with E-state index in [0.29, 0.717) is 12.2 Å². The minimum Gasteiger partial charge on any atom is -0.366 e. The Balaban J connectivity index is 1.93. The van der Waals surface area contributed by atoms with Crippen molar-refractivity contribution < 1.29 is 4.39 Å². The van der Waals surface area contributed by atoms with Gasteiger partial charge in [0.1, 0.15) is 11.5 Å². The molecule has 0 atom stereocenters. The quantitative estimate of drug-likeness (QED) is 0.500. The Morgan fingerprint density at radius 2 is 2.00 bits per heavy atom. The van der Waals surface area contributed by atoms with Crippen LogP contribution in [0.5, 0.6) is 0 Å². The molecule has 3 heterocycles. The van der Waals surface area contributed by atoms with Gasteiger partial charge >= 0.3 is 0 Å². The van der Waals surface area contributed by atoms with Gasteiger partial charge in [0, 0.05) is 42.2 Å². The van der Waals surface area contributed by atoms with Gasteiger partial charge in [-0.15, -0.1) is 0 Å². The maximum Gasteiger partial charge on any atom is 0.137 e. The van der Waals surface area contributed by atoms with Gasteiger partial charge in [0.25, 0.3) is 0 Å². The van der Waals surface area contributed by atoms with E-state index < -0.39 is 0 Å². The van der Waals surface area contributed by atoms with Gasteiger partial charge < -0.3 is 14.9 Å². The molecule has 0 aliphatic carbocycles. The predicted octanol–water partition coefficient (Wildman–Crippen LogP) is 4.08. The summed E-state index contributed by atoms with van der Waals surface area (Å²) in [5.41, 5.74) is 5.01. The third kappa shape index (κ3) is 3.29. The van der Waals surface area contributed by atoms with Crippen molar-refractivity contribution in [3.63, 3.8) is 0 Å². The molecule has 3 aromatic heterocycles. The SMILES string of the molecule is C=N/C(=C(/c1ccnc2[nH]ccc12)N(C)Cc1cnc[nH]1)c1ccc(F)cc1. The third-order valence-corrected chi connectivity index (χ3v) is 4.56. The van der Waals surface area contributed by atoms with Gasteiger partial charge in [-0.25, -0.2) is 14.4 Å². The lowest BCUT2D eigenvalue weighted by Crippen LogP contribution is -2.18. The molecule has 0 fully saturated rings. The van der Waals surface area contributed by atoms with Crippen molar-refractivity contribution in [2.45, 2.75) is 6.54 Å². The second kappa shape index (κ2) is 7.48. The Morgan fingerprint density at radius 1 is 1.18 bits per heavy atom. The molecule has 4 aromatic rings. The molecule has 2 N–H and O–H groups in total. The first-order valence-corrected chi connectivity index (χ1v) is 8.75. The van der Waals surface area contributed by atoms with Gasteiger partial charge in [-0.2, -0.15) is 0 Å². The highest BCUT2D eigenvalue weighted by molar-refractivity contribution is 5.98. The number of hydrogen-bond donors (Lipinski definition) is 2. The topological polar surface area (TPSA) is 73.0 Å². The van der Waals surface area contributed by atoms with Crippen molar-refractivity contribution in [2.75, 3.05) is 7.05 Å². The van der Waals surface area contributed by atoms with Crippen LogP contribution in [-0.4, -0.2) is 38.6 Å². The largest absolute Gasteiger partial charge is 0.366 e. The van der Waals surface area contributed by atoms with Crippen LogP contribution in [0.1, 0.15) is 16.8 Å². The molecule has 0 bridgehead atoms. The molecule has 0 saturated heterocycles. The van der Waals surface area contributed by atoms with Crippen LogP contribution in [-0.2, 0) is 6.54 Å². The summed E-state index contributed by atoms with van der Waals surface area (Å²) in [6.07, 6.45) is 7.04. The van der Waals surface area contributed by atoms with Crippen LogP contribution in [0.3, 0.4) is 0 Å². The number of aliphatic imine (C=N–C) groups is 1. The fourth-order valence-electron chi connectivity index (χ4n) is 3.30. The first kappa shape index (κ1) is 17.7. The van der Waals surface area contributed by atoms with E-state index in [1.54, 1.807) is 30.9 Å². The molecule has 28 heavy (non-hydrogen) atoms. The van der Waals surface area contributed by atoms with Gasteiger partial charge in [0.05, 0.1) is 30.0 Å².